The second-order valence-corrected chi connectivity index (χ2v) is 11.8. The molecule has 1 aliphatic carbocycles. The van der Waals surface area contributed by atoms with Gasteiger partial charge in [0.05, 0.1) is 25.0 Å². The van der Waals surface area contributed by atoms with Crippen LogP contribution in [0.2, 0.25) is 5.02 Å². The molecule has 40 heavy (non-hydrogen) atoms. The fraction of sp³-hybridized carbons (Fsp3) is 0.452. The van der Waals surface area contributed by atoms with Crippen LogP contribution in [0, 0.1) is 17.8 Å². The summed E-state index contributed by atoms with van der Waals surface area (Å²) in [6, 6.07) is 13.4. The number of likely N-dealkylation sites (tertiary alicyclic amines) is 1. The third kappa shape index (κ3) is 4.57. The Bertz CT molecular complexity index is 1350. The molecule has 1 spiro atoms. The largest absolute Gasteiger partial charge is 0.497 e. The van der Waals surface area contributed by atoms with Gasteiger partial charge in [0.25, 0.3) is 0 Å². The number of hydrogen-bond acceptors (Lipinski definition) is 5. The molecule has 4 aliphatic rings. The zero-order chi connectivity index (χ0) is 28.0. The van der Waals surface area contributed by atoms with Crippen molar-refractivity contribution in [2.75, 3.05) is 12.4 Å². The van der Waals surface area contributed by atoms with Crippen LogP contribution in [0.25, 0.3) is 0 Å². The molecule has 3 fully saturated rings. The van der Waals surface area contributed by atoms with E-state index in [4.69, 9.17) is 21.1 Å². The molecule has 0 unspecified atom stereocenters. The van der Waals surface area contributed by atoms with Gasteiger partial charge in [-0.2, -0.15) is 0 Å². The topological polar surface area (TPSA) is 97.0 Å². The quantitative estimate of drug-likeness (QED) is 0.489. The highest BCUT2D eigenvalue weighted by Gasteiger charge is 2.72. The first-order valence-electron chi connectivity index (χ1n) is 14.0. The molecule has 210 valence electrons. The number of anilines is 1. The molecule has 2 aromatic carbocycles. The van der Waals surface area contributed by atoms with Crippen molar-refractivity contribution in [3.63, 3.8) is 0 Å². The van der Waals surface area contributed by atoms with Crippen LogP contribution < -0.4 is 15.4 Å². The number of halogens is 1. The summed E-state index contributed by atoms with van der Waals surface area (Å²) in [5.41, 5.74) is 0.190. The van der Waals surface area contributed by atoms with Gasteiger partial charge in [0.15, 0.2) is 0 Å². The predicted molar refractivity (Wildman–Crippen MR) is 151 cm³/mol. The first-order valence-corrected chi connectivity index (χ1v) is 14.4. The third-order valence-corrected chi connectivity index (χ3v) is 9.22. The number of rotatable bonds is 7. The molecule has 2 N–H and O–H groups in total. The number of fused-ring (bicyclic) bond motifs is 1. The van der Waals surface area contributed by atoms with Crippen LogP contribution in [0.4, 0.5) is 5.69 Å². The van der Waals surface area contributed by atoms with Gasteiger partial charge in [0.2, 0.25) is 17.7 Å². The molecule has 3 heterocycles. The molecule has 8 nitrogen and oxygen atoms in total. The van der Waals surface area contributed by atoms with Gasteiger partial charge in [-0.1, -0.05) is 61.7 Å². The van der Waals surface area contributed by atoms with Gasteiger partial charge in [-0.25, -0.2) is 0 Å². The summed E-state index contributed by atoms with van der Waals surface area (Å²) in [7, 11) is 1.56. The Morgan fingerprint density at radius 1 is 1.12 bits per heavy atom. The maximum Gasteiger partial charge on any atom is 0.246 e. The second-order valence-electron chi connectivity index (χ2n) is 11.4. The van der Waals surface area contributed by atoms with Crippen molar-refractivity contribution in [1.29, 1.82) is 0 Å². The average molecular weight is 564 g/mol. The Hall–Kier alpha value is -3.36. The van der Waals surface area contributed by atoms with Crippen LogP contribution in [0.1, 0.15) is 38.2 Å². The van der Waals surface area contributed by atoms with Crippen LogP contribution in [-0.2, 0) is 25.7 Å². The van der Waals surface area contributed by atoms with Crippen LogP contribution in [-0.4, -0.2) is 53.5 Å². The van der Waals surface area contributed by atoms with E-state index in [0.29, 0.717) is 22.4 Å². The monoisotopic (exact) mass is 563 g/mol. The maximum atomic E-state index is 14.2. The summed E-state index contributed by atoms with van der Waals surface area (Å²) in [5.74, 6) is -1.45. The summed E-state index contributed by atoms with van der Waals surface area (Å²) >= 11 is 6.10. The van der Waals surface area contributed by atoms with Gasteiger partial charge in [-0.15, -0.1) is 0 Å². The van der Waals surface area contributed by atoms with Crippen LogP contribution in [0.5, 0.6) is 5.75 Å². The van der Waals surface area contributed by atoms with E-state index in [1.165, 1.54) is 0 Å². The minimum Gasteiger partial charge on any atom is -0.497 e. The summed E-state index contributed by atoms with van der Waals surface area (Å²) in [4.78, 5) is 43.5. The molecule has 2 saturated heterocycles. The number of amides is 3. The van der Waals surface area contributed by atoms with Crippen LogP contribution in [0.3, 0.4) is 0 Å². The Balaban J connectivity index is 1.32. The number of ether oxygens (including phenoxy) is 2. The highest BCUT2D eigenvalue weighted by Crippen LogP contribution is 2.55. The fourth-order valence-electron chi connectivity index (χ4n) is 6.94. The fourth-order valence-corrected chi connectivity index (χ4v) is 7.07. The molecule has 0 radical (unpaired) electrons. The first kappa shape index (κ1) is 26.8. The van der Waals surface area contributed by atoms with Crippen molar-refractivity contribution in [3.8, 4) is 5.75 Å². The zero-order valence-electron chi connectivity index (χ0n) is 22.6. The van der Waals surface area contributed by atoms with Crippen LogP contribution >= 0.6 is 11.6 Å². The standard InChI is InChI=1S/C31H34ClN3O5/c1-18-6-3-4-9-23(18)34-29(37)27-31-15-14-24(40-31)25(28(36)33-21-7-5-8-22(16-21)39-2)26(31)30(38)35(27)17-19-10-12-20(32)13-11-19/h5,7-8,10-16,18,23-27H,3-4,6,9,17H2,1-2H3,(H,33,36)(H,34,37)/t18-,23+,24-,25+,26-,27-,31-/m1/s1. The predicted octanol–water partition coefficient (Wildman–Crippen LogP) is 4.33. The third-order valence-electron chi connectivity index (χ3n) is 8.97. The van der Waals surface area contributed by atoms with Crippen molar-refractivity contribution in [2.45, 2.75) is 62.9 Å². The summed E-state index contributed by atoms with van der Waals surface area (Å²) in [6.45, 7) is 2.37. The van der Waals surface area contributed by atoms with Gasteiger partial charge in [0.1, 0.15) is 17.4 Å². The van der Waals surface area contributed by atoms with Crippen molar-refractivity contribution < 1.29 is 23.9 Å². The lowest BCUT2D eigenvalue weighted by Gasteiger charge is -2.36. The molecule has 7 atom stereocenters. The molecule has 0 aromatic heterocycles. The average Bonchev–Trinajstić information content (AvgIpc) is 3.59. The van der Waals surface area contributed by atoms with E-state index in [9.17, 15) is 14.4 Å². The van der Waals surface area contributed by atoms with Gasteiger partial charge in [-0.3, -0.25) is 14.4 Å². The zero-order valence-corrected chi connectivity index (χ0v) is 23.4. The Morgan fingerprint density at radius 3 is 2.65 bits per heavy atom. The Labute approximate surface area is 239 Å². The first-order chi connectivity index (χ1) is 19.3. The molecular formula is C31H34ClN3O5. The van der Waals surface area contributed by atoms with Gasteiger partial charge in [-0.05, 0) is 48.6 Å². The van der Waals surface area contributed by atoms with Crippen molar-refractivity contribution >= 4 is 35.0 Å². The molecule has 9 heteroatoms. The van der Waals surface area contributed by atoms with Gasteiger partial charge in [0, 0.05) is 29.4 Å². The van der Waals surface area contributed by atoms with E-state index < -0.39 is 29.6 Å². The lowest BCUT2D eigenvalue weighted by molar-refractivity contribution is -0.142. The normalized spacial score (nSPS) is 32.2. The van der Waals surface area contributed by atoms with Crippen molar-refractivity contribution in [2.24, 2.45) is 17.8 Å². The number of nitrogens with zero attached hydrogens (tertiary/aromatic N) is 1. The number of hydrogen-bond donors (Lipinski definition) is 2. The molecule has 2 aromatic rings. The SMILES string of the molecule is COc1cccc(NC(=O)[C@H]2[C@H]3C=C[C@@]4(O3)[C@H]2C(=O)N(Cc2ccc(Cl)cc2)[C@@H]4C(=O)N[C@H]2CCCC[C@H]2C)c1. The van der Waals surface area contributed by atoms with Crippen molar-refractivity contribution in [3.05, 3.63) is 71.3 Å². The van der Waals surface area contributed by atoms with Crippen molar-refractivity contribution in [1.82, 2.24) is 10.2 Å². The Kier molecular flexibility index (Phi) is 7.09. The van der Waals surface area contributed by atoms with E-state index in [2.05, 4.69) is 17.6 Å². The highest BCUT2D eigenvalue weighted by molar-refractivity contribution is 6.30. The number of nitrogens with one attached hydrogen (secondary N) is 2. The van der Waals surface area contributed by atoms with Gasteiger partial charge >= 0.3 is 0 Å². The van der Waals surface area contributed by atoms with E-state index >= 15 is 0 Å². The minimum atomic E-state index is -1.22. The molecule has 1 saturated carbocycles. The lowest BCUT2D eigenvalue weighted by atomic mass is 9.74. The minimum absolute atomic E-state index is 0.0407. The number of methoxy groups -OCH3 is 1. The summed E-state index contributed by atoms with van der Waals surface area (Å²) in [6.07, 6.45) is 7.25. The number of benzene rings is 2. The van der Waals surface area contributed by atoms with E-state index in [0.717, 1.165) is 31.2 Å². The van der Waals surface area contributed by atoms with E-state index in [1.807, 2.05) is 24.3 Å². The summed E-state index contributed by atoms with van der Waals surface area (Å²) in [5, 5.41) is 6.79. The molecular weight excluding hydrogens is 530 g/mol. The number of carbonyl (C=O) groups is 3. The lowest BCUT2D eigenvalue weighted by Crippen LogP contribution is -2.57. The maximum absolute atomic E-state index is 14.2. The smallest absolute Gasteiger partial charge is 0.246 e. The number of carbonyl (C=O) groups excluding carboxylic acids is 3. The van der Waals surface area contributed by atoms with E-state index in [-0.39, 0.29) is 30.3 Å². The summed E-state index contributed by atoms with van der Waals surface area (Å²) < 4.78 is 11.8. The van der Waals surface area contributed by atoms with E-state index in [1.54, 1.807) is 48.4 Å². The molecule has 3 amide bonds. The Morgan fingerprint density at radius 2 is 1.90 bits per heavy atom. The molecule has 6 rings (SSSR count). The molecule has 2 bridgehead atoms. The van der Waals surface area contributed by atoms with Crippen LogP contribution in [0.15, 0.2) is 60.7 Å². The van der Waals surface area contributed by atoms with Gasteiger partial charge < -0.3 is 25.0 Å². The molecule has 3 aliphatic heterocycles. The second kappa shape index (κ2) is 10.6. The highest BCUT2D eigenvalue weighted by atomic mass is 35.5.